The molecule has 3 nitrogen and oxygen atoms in total. The highest BCUT2D eigenvalue weighted by Crippen LogP contribution is 2.43. The molecule has 0 unspecified atom stereocenters. The van der Waals surface area contributed by atoms with Crippen molar-refractivity contribution >= 4 is 15.9 Å². The van der Waals surface area contributed by atoms with Crippen LogP contribution in [-0.4, -0.2) is 11.9 Å². The zero-order valence-corrected chi connectivity index (χ0v) is 10.4. The van der Waals surface area contributed by atoms with Crippen LogP contribution in [0.15, 0.2) is 40.9 Å². The monoisotopic (exact) mass is 292 g/mol. The van der Waals surface area contributed by atoms with Crippen molar-refractivity contribution < 1.29 is 14.6 Å². The van der Waals surface area contributed by atoms with Crippen molar-refractivity contribution in [2.75, 3.05) is 6.79 Å². The maximum absolute atomic E-state index is 9.84. The van der Waals surface area contributed by atoms with E-state index in [1.54, 1.807) is 12.1 Å². The van der Waals surface area contributed by atoms with Gasteiger partial charge in [-0.25, -0.2) is 0 Å². The van der Waals surface area contributed by atoms with E-state index in [1.807, 2.05) is 24.3 Å². The van der Waals surface area contributed by atoms with Crippen LogP contribution in [-0.2, 0) is 0 Å². The minimum absolute atomic E-state index is 0.242. The number of benzene rings is 2. The third-order valence-corrected chi connectivity index (χ3v) is 3.31. The van der Waals surface area contributed by atoms with Gasteiger partial charge in [-0.1, -0.05) is 34.1 Å². The first-order chi connectivity index (χ1) is 8.25. The SMILES string of the molecule is Oc1ccccc1-c1cc2c(cc1Br)OCO2. The van der Waals surface area contributed by atoms with Gasteiger partial charge in [0, 0.05) is 15.6 Å². The fraction of sp³-hybridized carbons (Fsp3) is 0.0769. The molecule has 0 radical (unpaired) electrons. The summed E-state index contributed by atoms with van der Waals surface area (Å²) < 4.78 is 11.5. The Morgan fingerprint density at radius 1 is 1.00 bits per heavy atom. The first-order valence-electron chi connectivity index (χ1n) is 5.13. The number of rotatable bonds is 1. The Kier molecular flexibility index (Phi) is 2.44. The zero-order valence-electron chi connectivity index (χ0n) is 8.81. The lowest BCUT2D eigenvalue weighted by Gasteiger charge is -2.08. The fourth-order valence-corrected chi connectivity index (χ4v) is 2.36. The molecule has 0 fully saturated rings. The van der Waals surface area contributed by atoms with Gasteiger partial charge in [-0.05, 0) is 18.2 Å². The highest BCUT2D eigenvalue weighted by molar-refractivity contribution is 9.10. The molecule has 4 heteroatoms. The van der Waals surface area contributed by atoms with E-state index in [4.69, 9.17) is 9.47 Å². The van der Waals surface area contributed by atoms with Crippen LogP contribution < -0.4 is 9.47 Å². The number of para-hydroxylation sites is 1. The Labute approximate surface area is 107 Å². The van der Waals surface area contributed by atoms with Crippen LogP contribution in [0.25, 0.3) is 11.1 Å². The lowest BCUT2D eigenvalue weighted by atomic mass is 10.0. The number of phenols is 1. The molecule has 3 rings (SSSR count). The van der Waals surface area contributed by atoms with Crippen LogP contribution in [0, 0.1) is 0 Å². The van der Waals surface area contributed by atoms with Gasteiger partial charge in [0.05, 0.1) is 0 Å². The average Bonchev–Trinajstić information content (AvgIpc) is 2.76. The van der Waals surface area contributed by atoms with Crippen molar-refractivity contribution in [2.24, 2.45) is 0 Å². The van der Waals surface area contributed by atoms with E-state index in [1.165, 1.54) is 0 Å². The van der Waals surface area contributed by atoms with E-state index in [2.05, 4.69) is 15.9 Å². The molecule has 0 aliphatic carbocycles. The van der Waals surface area contributed by atoms with Gasteiger partial charge in [-0.2, -0.15) is 0 Å². The normalized spacial score (nSPS) is 12.8. The summed E-state index contributed by atoms with van der Waals surface area (Å²) in [5.41, 5.74) is 1.64. The maximum Gasteiger partial charge on any atom is 0.231 e. The number of fused-ring (bicyclic) bond motifs is 1. The molecule has 0 saturated heterocycles. The fourth-order valence-electron chi connectivity index (χ4n) is 1.82. The minimum Gasteiger partial charge on any atom is -0.507 e. The van der Waals surface area contributed by atoms with E-state index in [0.717, 1.165) is 21.3 Å². The molecule has 0 spiro atoms. The van der Waals surface area contributed by atoms with Gasteiger partial charge >= 0.3 is 0 Å². The second-order valence-electron chi connectivity index (χ2n) is 3.70. The molecule has 2 aromatic carbocycles. The third kappa shape index (κ3) is 1.74. The summed E-state index contributed by atoms with van der Waals surface area (Å²) in [6.45, 7) is 0.242. The van der Waals surface area contributed by atoms with E-state index in [-0.39, 0.29) is 12.5 Å². The first-order valence-corrected chi connectivity index (χ1v) is 5.92. The average molecular weight is 293 g/mol. The molecule has 1 heterocycles. The quantitative estimate of drug-likeness (QED) is 0.874. The number of hydrogen-bond acceptors (Lipinski definition) is 3. The smallest absolute Gasteiger partial charge is 0.231 e. The molecule has 1 aliphatic heterocycles. The van der Waals surface area contributed by atoms with Crippen molar-refractivity contribution in [2.45, 2.75) is 0 Å². The van der Waals surface area contributed by atoms with E-state index in [0.29, 0.717) is 5.75 Å². The van der Waals surface area contributed by atoms with Crippen molar-refractivity contribution in [3.8, 4) is 28.4 Å². The largest absolute Gasteiger partial charge is 0.507 e. The van der Waals surface area contributed by atoms with Gasteiger partial charge in [-0.15, -0.1) is 0 Å². The molecular formula is C13H9BrO3. The summed E-state index contributed by atoms with van der Waals surface area (Å²) in [6, 6.07) is 10.9. The summed E-state index contributed by atoms with van der Waals surface area (Å²) in [6.07, 6.45) is 0. The van der Waals surface area contributed by atoms with Gasteiger partial charge in [0.25, 0.3) is 0 Å². The third-order valence-electron chi connectivity index (χ3n) is 2.66. The lowest BCUT2D eigenvalue weighted by Crippen LogP contribution is -1.92. The summed E-state index contributed by atoms with van der Waals surface area (Å²) in [5, 5.41) is 9.84. The molecule has 17 heavy (non-hydrogen) atoms. The Bertz CT molecular complexity index is 581. The highest BCUT2D eigenvalue weighted by atomic mass is 79.9. The van der Waals surface area contributed by atoms with Crippen LogP contribution in [0.4, 0.5) is 0 Å². The molecule has 0 bridgehead atoms. The molecule has 1 N–H and O–H groups in total. The van der Waals surface area contributed by atoms with Gasteiger partial charge in [0.15, 0.2) is 11.5 Å². The van der Waals surface area contributed by atoms with Crippen LogP contribution in [0.3, 0.4) is 0 Å². The van der Waals surface area contributed by atoms with Gasteiger partial charge in [0.1, 0.15) is 5.75 Å². The van der Waals surface area contributed by atoms with Crippen molar-refractivity contribution in [1.82, 2.24) is 0 Å². The van der Waals surface area contributed by atoms with E-state index in [9.17, 15) is 5.11 Å². The molecule has 0 amide bonds. The minimum atomic E-state index is 0.242. The number of halogens is 1. The van der Waals surface area contributed by atoms with Crippen LogP contribution in [0.1, 0.15) is 0 Å². The summed E-state index contributed by atoms with van der Waals surface area (Å²) in [7, 11) is 0. The molecule has 0 atom stereocenters. The van der Waals surface area contributed by atoms with Crippen LogP contribution >= 0.6 is 15.9 Å². The summed E-state index contributed by atoms with van der Waals surface area (Å²) in [5.74, 6) is 1.66. The van der Waals surface area contributed by atoms with Crippen molar-refractivity contribution in [3.05, 3.63) is 40.9 Å². The number of ether oxygens (including phenoxy) is 2. The number of hydrogen-bond donors (Lipinski definition) is 1. The van der Waals surface area contributed by atoms with Crippen molar-refractivity contribution in [1.29, 1.82) is 0 Å². The number of phenolic OH excluding ortho intramolecular Hbond substituents is 1. The molecule has 2 aromatic rings. The summed E-state index contributed by atoms with van der Waals surface area (Å²) >= 11 is 3.47. The number of aromatic hydroxyl groups is 1. The second-order valence-corrected chi connectivity index (χ2v) is 4.56. The maximum atomic E-state index is 9.84. The van der Waals surface area contributed by atoms with E-state index < -0.39 is 0 Å². The van der Waals surface area contributed by atoms with Crippen LogP contribution in [0.5, 0.6) is 17.2 Å². The lowest BCUT2D eigenvalue weighted by molar-refractivity contribution is 0.174. The van der Waals surface area contributed by atoms with Gasteiger partial charge in [-0.3, -0.25) is 0 Å². The molecular weight excluding hydrogens is 284 g/mol. The Morgan fingerprint density at radius 3 is 2.47 bits per heavy atom. The first kappa shape index (κ1) is 10.5. The topological polar surface area (TPSA) is 38.7 Å². The standard InChI is InChI=1S/C13H9BrO3/c14-10-6-13-12(16-7-17-13)5-9(10)8-3-1-2-4-11(8)15/h1-6,15H,7H2. The summed E-state index contributed by atoms with van der Waals surface area (Å²) in [4.78, 5) is 0. The second kappa shape index (κ2) is 3.96. The van der Waals surface area contributed by atoms with Crippen molar-refractivity contribution in [3.63, 3.8) is 0 Å². The molecule has 0 aromatic heterocycles. The highest BCUT2D eigenvalue weighted by Gasteiger charge is 2.18. The zero-order chi connectivity index (χ0) is 11.8. The van der Waals surface area contributed by atoms with Gasteiger partial charge < -0.3 is 14.6 Å². The molecule has 0 saturated carbocycles. The van der Waals surface area contributed by atoms with Gasteiger partial charge in [0.2, 0.25) is 6.79 Å². The predicted molar refractivity (Wildman–Crippen MR) is 67.4 cm³/mol. The predicted octanol–water partition coefficient (Wildman–Crippen LogP) is 3.55. The van der Waals surface area contributed by atoms with Crippen LogP contribution in [0.2, 0.25) is 0 Å². The molecule has 1 aliphatic rings. The molecule has 86 valence electrons. The Morgan fingerprint density at radius 2 is 1.71 bits per heavy atom. The Hall–Kier alpha value is -1.68. The van der Waals surface area contributed by atoms with E-state index >= 15 is 0 Å². The Balaban J connectivity index is 2.19.